The van der Waals surface area contributed by atoms with Crippen molar-refractivity contribution in [3.8, 4) is 0 Å². The minimum absolute atomic E-state index is 0. The van der Waals surface area contributed by atoms with E-state index in [1.54, 1.807) is 0 Å². The van der Waals surface area contributed by atoms with Gasteiger partial charge in [0.1, 0.15) is 0 Å². The van der Waals surface area contributed by atoms with Gasteiger partial charge in [0.2, 0.25) is 0 Å². The fraction of sp³-hybridized carbons (Fsp3) is 0.333. The van der Waals surface area contributed by atoms with E-state index in [1.807, 2.05) is 24.3 Å². The van der Waals surface area contributed by atoms with Crippen LogP contribution in [-0.4, -0.2) is 6.67 Å². The first-order valence-corrected chi connectivity index (χ1v) is 4.89. The van der Waals surface area contributed by atoms with Crippen LogP contribution in [0.5, 0.6) is 0 Å². The first kappa shape index (κ1) is 13.1. The van der Waals surface area contributed by atoms with Gasteiger partial charge in [-0.3, -0.25) is 4.39 Å². The minimum Gasteiger partial charge on any atom is -0.324 e. The van der Waals surface area contributed by atoms with Crippen LogP contribution in [0.25, 0.3) is 0 Å². The largest absolute Gasteiger partial charge is 0.324 e. The summed E-state index contributed by atoms with van der Waals surface area (Å²) < 4.78 is 13.1. The summed E-state index contributed by atoms with van der Waals surface area (Å²) in [5.74, 6) is 0. The molecule has 4 heteroatoms. The van der Waals surface area contributed by atoms with Crippen molar-refractivity contribution in [2.45, 2.75) is 12.5 Å². The Morgan fingerprint density at radius 1 is 1.31 bits per heavy atom. The van der Waals surface area contributed by atoms with Gasteiger partial charge in [-0.25, -0.2) is 0 Å². The Kier molecular flexibility index (Phi) is 6.63. The summed E-state index contributed by atoms with van der Waals surface area (Å²) in [6.45, 7) is -0.354. The van der Waals surface area contributed by atoms with Gasteiger partial charge < -0.3 is 5.73 Å². The molecule has 0 saturated carbocycles. The van der Waals surface area contributed by atoms with Crippen molar-refractivity contribution in [2.24, 2.45) is 5.73 Å². The lowest BCUT2D eigenvalue weighted by Gasteiger charge is -2.08. The van der Waals surface area contributed by atoms with Crippen molar-refractivity contribution >= 4 is 35.0 Å². The normalized spacial score (nSPS) is 11.9. The van der Waals surface area contributed by atoms with Crippen molar-refractivity contribution < 1.29 is 4.39 Å². The van der Waals surface area contributed by atoms with E-state index in [9.17, 15) is 4.39 Å². The van der Waals surface area contributed by atoms with E-state index >= 15 is 0 Å². The van der Waals surface area contributed by atoms with E-state index in [-0.39, 0.29) is 25.1 Å². The zero-order valence-corrected chi connectivity index (χ0v) is 10.0. The molecule has 2 N–H and O–H groups in total. The first-order chi connectivity index (χ1) is 5.74. The highest BCUT2D eigenvalue weighted by molar-refractivity contribution is 14.1. The van der Waals surface area contributed by atoms with Crippen molar-refractivity contribution in [1.29, 1.82) is 0 Å². The van der Waals surface area contributed by atoms with E-state index in [0.717, 1.165) is 5.56 Å². The molecule has 0 radical (unpaired) electrons. The first-order valence-electron chi connectivity index (χ1n) is 3.81. The fourth-order valence-corrected chi connectivity index (χ4v) is 1.35. The molecule has 0 aliphatic rings. The number of benzene rings is 1. The molecule has 1 rings (SSSR count). The highest BCUT2D eigenvalue weighted by atomic mass is 127. The summed E-state index contributed by atoms with van der Waals surface area (Å²) in [6.07, 6.45) is 0.403. The van der Waals surface area contributed by atoms with E-state index in [1.165, 1.54) is 3.57 Å². The average molecular weight is 316 g/mol. The molecule has 1 aromatic rings. The van der Waals surface area contributed by atoms with Gasteiger partial charge in [-0.05, 0) is 46.7 Å². The maximum atomic E-state index is 11.9. The molecule has 0 unspecified atom stereocenters. The summed E-state index contributed by atoms with van der Waals surface area (Å²) >= 11 is 2.23. The van der Waals surface area contributed by atoms with Crippen LogP contribution >= 0.6 is 35.0 Å². The molecular weight excluding hydrogens is 303 g/mol. The zero-order chi connectivity index (χ0) is 8.97. The molecule has 0 bridgehead atoms. The summed E-state index contributed by atoms with van der Waals surface area (Å²) in [6, 6.07) is 7.69. The van der Waals surface area contributed by atoms with Gasteiger partial charge in [0, 0.05) is 9.61 Å². The number of hydrogen-bond acceptors (Lipinski definition) is 1. The van der Waals surface area contributed by atoms with Crippen LogP contribution in [0, 0.1) is 3.57 Å². The maximum Gasteiger partial charge on any atom is 0.0912 e. The fourth-order valence-electron chi connectivity index (χ4n) is 0.994. The quantitative estimate of drug-likeness (QED) is 0.852. The van der Waals surface area contributed by atoms with Gasteiger partial charge in [-0.15, -0.1) is 12.4 Å². The van der Waals surface area contributed by atoms with Gasteiger partial charge in [0.15, 0.2) is 0 Å². The van der Waals surface area contributed by atoms with E-state index < -0.39 is 0 Å². The monoisotopic (exact) mass is 315 g/mol. The molecule has 0 amide bonds. The Labute approximate surface area is 97.4 Å². The second-order valence-electron chi connectivity index (χ2n) is 2.64. The van der Waals surface area contributed by atoms with Crippen LogP contribution in [0.2, 0.25) is 0 Å². The predicted octanol–water partition coefficient (Wildman–Crippen LogP) is 3.07. The lowest BCUT2D eigenvalue weighted by Crippen LogP contribution is -2.10. The van der Waals surface area contributed by atoms with Crippen molar-refractivity contribution in [3.05, 3.63) is 33.4 Å². The van der Waals surface area contributed by atoms with Gasteiger partial charge in [0.25, 0.3) is 0 Å². The van der Waals surface area contributed by atoms with Crippen molar-refractivity contribution in [1.82, 2.24) is 0 Å². The molecule has 0 spiro atoms. The molecule has 0 fully saturated rings. The summed E-state index contributed by atoms with van der Waals surface area (Å²) in [4.78, 5) is 0. The maximum absolute atomic E-state index is 11.9. The highest BCUT2D eigenvalue weighted by Gasteiger charge is 2.04. The summed E-state index contributed by atoms with van der Waals surface area (Å²) in [7, 11) is 0. The topological polar surface area (TPSA) is 26.0 Å². The molecule has 0 aliphatic carbocycles. The number of alkyl halides is 1. The third-order valence-corrected chi connectivity index (χ3v) is 2.44. The van der Waals surface area contributed by atoms with Crippen LogP contribution in [0.15, 0.2) is 24.3 Å². The average Bonchev–Trinajstić information content (AvgIpc) is 2.06. The summed E-state index contributed by atoms with van der Waals surface area (Å²) in [5.41, 5.74) is 6.72. The SMILES string of the molecule is Cl.N[C@@H](CCF)c1ccc(I)cc1. The third kappa shape index (κ3) is 4.24. The molecule has 0 aliphatic heterocycles. The smallest absolute Gasteiger partial charge is 0.0912 e. The minimum atomic E-state index is -0.354. The van der Waals surface area contributed by atoms with Crippen molar-refractivity contribution in [3.63, 3.8) is 0 Å². The second kappa shape index (κ2) is 6.56. The van der Waals surface area contributed by atoms with Gasteiger partial charge in [-0.1, -0.05) is 12.1 Å². The molecule has 0 aromatic heterocycles. The van der Waals surface area contributed by atoms with E-state index in [4.69, 9.17) is 5.73 Å². The van der Waals surface area contributed by atoms with Gasteiger partial charge in [-0.2, -0.15) is 0 Å². The Bertz CT molecular complexity index is 240. The van der Waals surface area contributed by atoms with E-state index in [2.05, 4.69) is 22.6 Å². The molecule has 1 aromatic carbocycles. The van der Waals surface area contributed by atoms with Crippen LogP contribution in [0.1, 0.15) is 18.0 Å². The number of halogens is 3. The Morgan fingerprint density at radius 3 is 2.31 bits per heavy atom. The second-order valence-corrected chi connectivity index (χ2v) is 3.88. The van der Waals surface area contributed by atoms with E-state index in [0.29, 0.717) is 6.42 Å². The lowest BCUT2D eigenvalue weighted by molar-refractivity contribution is 0.442. The van der Waals surface area contributed by atoms with Crippen LogP contribution in [-0.2, 0) is 0 Å². The molecule has 1 nitrogen and oxygen atoms in total. The summed E-state index contributed by atoms with van der Waals surface area (Å²) in [5, 5.41) is 0. The lowest BCUT2D eigenvalue weighted by atomic mass is 10.1. The molecule has 74 valence electrons. The van der Waals surface area contributed by atoms with Crippen molar-refractivity contribution in [2.75, 3.05) is 6.67 Å². The number of nitrogens with two attached hydrogens (primary N) is 1. The van der Waals surface area contributed by atoms with Crippen LogP contribution in [0.4, 0.5) is 4.39 Å². The standard InChI is InChI=1S/C9H11FIN.ClH/c10-6-5-9(12)7-1-3-8(11)4-2-7;/h1-4,9H,5-6,12H2;1H/t9-;/m0./s1. The third-order valence-electron chi connectivity index (χ3n) is 1.72. The Balaban J connectivity index is 0.00000144. The Morgan fingerprint density at radius 2 is 1.85 bits per heavy atom. The predicted molar refractivity (Wildman–Crippen MR) is 63.9 cm³/mol. The molecular formula is C9H12ClFIN. The van der Waals surface area contributed by atoms with Crippen LogP contribution < -0.4 is 5.73 Å². The van der Waals surface area contributed by atoms with Crippen LogP contribution in [0.3, 0.4) is 0 Å². The highest BCUT2D eigenvalue weighted by Crippen LogP contribution is 2.15. The van der Waals surface area contributed by atoms with Gasteiger partial charge >= 0.3 is 0 Å². The van der Waals surface area contributed by atoms with Gasteiger partial charge in [0.05, 0.1) is 6.67 Å². The number of rotatable bonds is 3. The molecule has 0 heterocycles. The number of hydrogen-bond donors (Lipinski definition) is 1. The molecule has 13 heavy (non-hydrogen) atoms. The Hall–Kier alpha value is 0.130. The zero-order valence-electron chi connectivity index (χ0n) is 7.04. The molecule has 0 saturated heterocycles. The molecule has 1 atom stereocenters.